The summed E-state index contributed by atoms with van der Waals surface area (Å²) in [6, 6.07) is 3.16. The molecule has 1 saturated carbocycles. The molecule has 0 radical (unpaired) electrons. The summed E-state index contributed by atoms with van der Waals surface area (Å²) in [5, 5.41) is 11.9. The monoisotopic (exact) mass is 388 g/mol. The fourth-order valence-electron chi connectivity index (χ4n) is 3.75. The molecule has 1 saturated heterocycles. The Morgan fingerprint density at radius 3 is 2.76 bits per heavy atom. The van der Waals surface area contributed by atoms with Crippen molar-refractivity contribution in [3.63, 3.8) is 0 Å². The van der Waals surface area contributed by atoms with Gasteiger partial charge in [-0.25, -0.2) is 13.1 Å². The summed E-state index contributed by atoms with van der Waals surface area (Å²) >= 11 is 1.12. The lowest BCUT2D eigenvalue weighted by Crippen LogP contribution is -2.63. The second kappa shape index (κ2) is 7.32. The molecular weight excluding hydrogens is 364 g/mol. The first-order valence-corrected chi connectivity index (χ1v) is 10.9. The number of piperidine rings is 1. The van der Waals surface area contributed by atoms with Crippen LogP contribution in [-0.2, 0) is 19.6 Å². The number of likely N-dealkylation sites (tertiary alicyclic amines) is 1. The Balaban J connectivity index is 1.52. The van der Waals surface area contributed by atoms with Gasteiger partial charge in [0.15, 0.2) is 0 Å². The summed E-state index contributed by atoms with van der Waals surface area (Å²) in [6.07, 6.45) is 1.70. The van der Waals surface area contributed by atoms with Crippen LogP contribution in [-0.4, -0.2) is 62.8 Å². The largest absolute Gasteiger partial charge is 0.392 e. The van der Waals surface area contributed by atoms with E-state index < -0.39 is 10.0 Å². The van der Waals surface area contributed by atoms with Crippen LogP contribution in [0.15, 0.2) is 21.7 Å². The van der Waals surface area contributed by atoms with Crippen molar-refractivity contribution in [3.8, 4) is 0 Å². The minimum Gasteiger partial charge on any atom is -0.392 e. The number of thiophene rings is 1. The zero-order chi connectivity index (χ0) is 18.1. The Labute approximate surface area is 152 Å². The molecule has 9 heteroatoms. The van der Waals surface area contributed by atoms with Gasteiger partial charge in [-0.05, 0) is 31.2 Å². The number of rotatable bonds is 6. The van der Waals surface area contributed by atoms with Gasteiger partial charge in [0.25, 0.3) is 10.0 Å². The van der Waals surface area contributed by atoms with Gasteiger partial charge < -0.3 is 14.7 Å². The van der Waals surface area contributed by atoms with E-state index in [1.807, 2.05) is 6.92 Å². The van der Waals surface area contributed by atoms with Crippen LogP contribution < -0.4 is 4.72 Å². The highest BCUT2D eigenvalue weighted by Crippen LogP contribution is 2.50. The molecule has 2 N–H and O–H groups in total. The average Bonchev–Trinajstić information content (AvgIpc) is 3.15. The minimum atomic E-state index is -3.63. The van der Waals surface area contributed by atoms with E-state index in [1.54, 1.807) is 16.3 Å². The van der Waals surface area contributed by atoms with Crippen LogP contribution in [0.4, 0.5) is 0 Å². The second-order valence-corrected chi connectivity index (χ2v) is 9.51. The van der Waals surface area contributed by atoms with E-state index in [4.69, 9.17) is 4.74 Å². The maximum absolute atomic E-state index is 12.3. The van der Waals surface area contributed by atoms with Gasteiger partial charge in [0, 0.05) is 31.5 Å². The third-order valence-corrected chi connectivity index (χ3v) is 8.13. The Bertz CT molecular complexity index is 694. The van der Waals surface area contributed by atoms with Crippen LogP contribution in [0.5, 0.6) is 0 Å². The number of amides is 1. The fraction of sp³-hybridized carbons (Fsp3) is 0.688. The molecule has 1 aromatic rings. The summed E-state index contributed by atoms with van der Waals surface area (Å²) in [7, 11) is -3.63. The van der Waals surface area contributed by atoms with Gasteiger partial charge in [-0.2, -0.15) is 0 Å². The van der Waals surface area contributed by atoms with Crippen molar-refractivity contribution < 1.29 is 23.1 Å². The highest BCUT2D eigenvalue weighted by molar-refractivity contribution is 7.91. The zero-order valence-electron chi connectivity index (χ0n) is 14.2. The normalized spacial score (nSPS) is 25.8. The molecule has 0 unspecified atom stereocenters. The van der Waals surface area contributed by atoms with Crippen LogP contribution in [0.3, 0.4) is 0 Å². The van der Waals surface area contributed by atoms with Crippen LogP contribution in [0.2, 0.25) is 0 Å². The summed E-state index contributed by atoms with van der Waals surface area (Å²) in [4.78, 5) is 14.0. The molecule has 25 heavy (non-hydrogen) atoms. The van der Waals surface area contributed by atoms with E-state index >= 15 is 0 Å². The van der Waals surface area contributed by atoms with Crippen LogP contribution in [0, 0.1) is 5.41 Å². The predicted molar refractivity (Wildman–Crippen MR) is 93.8 cm³/mol. The maximum atomic E-state index is 12.3. The number of hydrogen-bond donors (Lipinski definition) is 2. The molecule has 0 aromatic carbocycles. The molecule has 2 fully saturated rings. The number of carbonyl (C=O) groups is 1. The quantitative estimate of drug-likeness (QED) is 0.752. The van der Waals surface area contributed by atoms with Crippen molar-refractivity contribution in [1.82, 2.24) is 9.62 Å². The lowest BCUT2D eigenvalue weighted by Gasteiger charge is -2.56. The number of aliphatic hydroxyl groups excluding tert-OH is 1. The first kappa shape index (κ1) is 18.8. The van der Waals surface area contributed by atoms with E-state index in [2.05, 4.69) is 4.72 Å². The third-order valence-electron chi connectivity index (χ3n) is 5.33. The van der Waals surface area contributed by atoms with E-state index in [0.29, 0.717) is 39.0 Å². The topological polar surface area (TPSA) is 95.9 Å². The van der Waals surface area contributed by atoms with Crippen molar-refractivity contribution >= 4 is 27.3 Å². The molecule has 2 heterocycles. The highest BCUT2D eigenvalue weighted by Gasteiger charge is 2.56. The van der Waals surface area contributed by atoms with E-state index in [-0.39, 0.29) is 34.3 Å². The molecule has 1 aromatic heterocycles. The van der Waals surface area contributed by atoms with Gasteiger partial charge in [0.2, 0.25) is 5.91 Å². The Morgan fingerprint density at radius 1 is 1.48 bits per heavy atom. The van der Waals surface area contributed by atoms with Crippen molar-refractivity contribution in [3.05, 3.63) is 17.5 Å². The lowest BCUT2D eigenvalue weighted by atomic mass is 9.58. The van der Waals surface area contributed by atoms with Crippen LogP contribution >= 0.6 is 11.3 Å². The number of nitrogens with zero attached hydrogens (tertiary/aromatic N) is 1. The average molecular weight is 389 g/mol. The van der Waals surface area contributed by atoms with Gasteiger partial charge >= 0.3 is 0 Å². The molecule has 2 atom stereocenters. The van der Waals surface area contributed by atoms with Crippen molar-refractivity contribution in [2.75, 3.05) is 26.2 Å². The molecule has 1 spiro atoms. The molecule has 3 rings (SSSR count). The molecular formula is C16H24N2O5S2. The fourth-order valence-corrected chi connectivity index (χ4v) is 5.76. The standard InChI is InChI=1S/C16H24N2O5S2/c1-2-23-13-10-12(19)16(13)5-7-18(8-6-16)14(20)11-17-25(21,22)15-4-3-9-24-15/h3-4,9,12-13,17,19H,2,5-8,10-11H2,1H3/t12-,13+/m0/s1. The van der Waals surface area contributed by atoms with Gasteiger partial charge in [0.1, 0.15) is 4.21 Å². The molecule has 1 aliphatic carbocycles. The summed E-state index contributed by atoms with van der Waals surface area (Å²) in [6.45, 7) is 3.34. The van der Waals surface area contributed by atoms with Crippen molar-refractivity contribution in [1.29, 1.82) is 0 Å². The van der Waals surface area contributed by atoms with Crippen molar-refractivity contribution in [2.45, 2.75) is 42.6 Å². The zero-order valence-corrected chi connectivity index (χ0v) is 15.8. The molecule has 0 bridgehead atoms. The number of ether oxygens (including phenoxy) is 1. The first-order valence-electron chi connectivity index (χ1n) is 8.49. The number of carbonyl (C=O) groups excluding carboxylic acids is 1. The lowest BCUT2D eigenvalue weighted by molar-refractivity contribution is -0.209. The number of aliphatic hydroxyl groups is 1. The highest BCUT2D eigenvalue weighted by atomic mass is 32.2. The van der Waals surface area contributed by atoms with E-state index in [0.717, 1.165) is 11.3 Å². The predicted octanol–water partition coefficient (Wildman–Crippen LogP) is 0.805. The molecule has 1 amide bonds. The van der Waals surface area contributed by atoms with Gasteiger partial charge in [-0.1, -0.05) is 6.07 Å². The number of nitrogens with one attached hydrogen (secondary N) is 1. The van der Waals surface area contributed by atoms with Gasteiger partial charge in [-0.3, -0.25) is 4.79 Å². The Hall–Kier alpha value is -1.00. The second-order valence-electron chi connectivity index (χ2n) is 6.57. The van der Waals surface area contributed by atoms with E-state index in [9.17, 15) is 18.3 Å². The summed E-state index contributed by atoms with van der Waals surface area (Å²) in [5.41, 5.74) is -0.247. The first-order chi connectivity index (χ1) is 11.9. The van der Waals surface area contributed by atoms with Crippen LogP contribution in [0.25, 0.3) is 0 Å². The maximum Gasteiger partial charge on any atom is 0.250 e. The summed E-state index contributed by atoms with van der Waals surface area (Å²) in [5.74, 6) is -0.239. The summed E-state index contributed by atoms with van der Waals surface area (Å²) < 4.78 is 32.4. The smallest absolute Gasteiger partial charge is 0.250 e. The number of sulfonamides is 1. The Morgan fingerprint density at radius 2 is 2.20 bits per heavy atom. The molecule has 7 nitrogen and oxygen atoms in total. The number of hydrogen-bond acceptors (Lipinski definition) is 6. The molecule has 140 valence electrons. The SMILES string of the molecule is CCO[C@@H]1C[C@H](O)C12CCN(C(=O)CNS(=O)(=O)c1cccs1)CC2. The minimum absolute atomic E-state index is 0.0575. The van der Waals surface area contributed by atoms with Crippen molar-refractivity contribution in [2.24, 2.45) is 5.41 Å². The molecule has 1 aliphatic heterocycles. The van der Waals surface area contributed by atoms with Gasteiger partial charge in [-0.15, -0.1) is 11.3 Å². The third kappa shape index (κ3) is 3.61. The van der Waals surface area contributed by atoms with E-state index in [1.165, 1.54) is 6.07 Å². The Kier molecular flexibility index (Phi) is 5.50. The van der Waals surface area contributed by atoms with Crippen LogP contribution in [0.1, 0.15) is 26.2 Å². The van der Waals surface area contributed by atoms with Gasteiger partial charge in [0.05, 0.1) is 18.8 Å². The molecule has 2 aliphatic rings.